The first kappa shape index (κ1) is 27.4. The molecule has 7 nitrogen and oxygen atoms in total. The largest absolute Gasteiger partial charge is 0.508 e. The van der Waals surface area contributed by atoms with Crippen molar-refractivity contribution in [2.45, 2.75) is 5.75 Å². The summed E-state index contributed by atoms with van der Waals surface area (Å²) >= 11 is 1.56. The minimum absolute atomic E-state index is 0.0499. The van der Waals surface area contributed by atoms with E-state index >= 15 is 0 Å². The Bertz CT molecular complexity index is 1300. The standard InChI is InChI=1S/C29H31NO6S/c1-19(21-7-9-27(34-3)29(15-21)36-5)10-12-30-24-14-20(6-8-26(24)33-2)18-37-13-11-23-25(32)16-22(31)17-28(23)35-4/h6-17,30-32H,1,18H2,2-5H3/b12-10-,13-11+. The van der Waals surface area contributed by atoms with E-state index in [2.05, 4.69) is 11.9 Å². The molecule has 0 radical (unpaired) electrons. The highest BCUT2D eigenvalue weighted by molar-refractivity contribution is 8.01. The number of thioether (sulfide) groups is 1. The summed E-state index contributed by atoms with van der Waals surface area (Å²) in [6, 6.07) is 14.3. The maximum absolute atomic E-state index is 10.1. The molecule has 0 aliphatic carbocycles. The van der Waals surface area contributed by atoms with Gasteiger partial charge in [-0.15, -0.1) is 11.8 Å². The molecule has 8 heteroatoms. The first-order chi connectivity index (χ1) is 17.9. The number of rotatable bonds is 12. The predicted molar refractivity (Wildman–Crippen MR) is 151 cm³/mol. The van der Waals surface area contributed by atoms with Crippen molar-refractivity contribution < 1.29 is 29.2 Å². The third-order valence-electron chi connectivity index (χ3n) is 5.45. The van der Waals surface area contributed by atoms with Gasteiger partial charge in [-0.05, 0) is 58.5 Å². The Morgan fingerprint density at radius 3 is 2.27 bits per heavy atom. The topological polar surface area (TPSA) is 89.4 Å². The van der Waals surface area contributed by atoms with Crippen molar-refractivity contribution in [3.05, 3.63) is 89.5 Å². The fraction of sp³-hybridized carbons (Fsp3) is 0.172. The predicted octanol–water partition coefficient (Wildman–Crippen LogP) is 6.68. The van der Waals surface area contributed by atoms with E-state index in [1.807, 2.05) is 54.1 Å². The van der Waals surface area contributed by atoms with E-state index in [1.165, 1.54) is 19.2 Å². The zero-order valence-corrected chi connectivity index (χ0v) is 22.1. The second-order valence-corrected chi connectivity index (χ2v) is 8.70. The molecule has 0 amide bonds. The third kappa shape index (κ3) is 7.17. The van der Waals surface area contributed by atoms with E-state index in [0.29, 0.717) is 34.3 Å². The van der Waals surface area contributed by atoms with E-state index < -0.39 is 0 Å². The van der Waals surface area contributed by atoms with Crippen LogP contribution in [0.2, 0.25) is 0 Å². The van der Waals surface area contributed by atoms with Crippen LogP contribution >= 0.6 is 11.8 Å². The fourth-order valence-corrected chi connectivity index (χ4v) is 4.22. The van der Waals surface area contributed by atoms with Gasteiger partial charge in [0.05, 0.1) is 39.7 Å². The highest BCUT2D eigenvalue weighted by Gasteiger charge is 2.09. The van der Waals surface area contributed by atoms with Gasteiger partial charge in [-0.1, -0.05) is 18.7 Å². The highest BCUT2D eigenvalue weighted by atomic mass is 32.2. The quantitative estimate of drug-likeness (QED) is 0.228. The van der Waals surface area contributed by atoms with Crippen LogP contribution in [-0.2, 0) is 5.75 Å². The van der Waals surface area contributed by atoms with Crippen LogP contribution in [0, 0.1) is 0 Å². The van der Waals surface area contributed by atoms with E-state index in [-0.39, 0.29) is 11.5 Å². The molecule has 0 bridgehead atoms. The lowest BCUT2D eigenvalue weighted by Crippen LogP contribution is -1.95. The molecule has 0 aliphatic heterocycles. The molecule has 3 N–H and O–H groups in total. The van der Waals surface area contributed by atoms with Crippen molar-refractivity contribution in [2.24, 2.45) is 0 Å². The van der Waals surface area contributed by atoms with Crippen LogP contribution in [0.3, 0.4) is 0 Å². The molecule has 3 aromatic carbocycles. The molecule has 0 aliphatic rings. The molecule has 0 saturated heterocycles. The Morgan fingerprint density at radius 2 is 1.57 bits per heavy atom. The van der Waals surface area contributed by atoms with Crippen molar-refractivity contribution in [2.75, 3.05) is 33.8 Å². The SMILES string of the molecule is C=C(/C=C\Nc1cc(CS/C=C/c2c(O)cc(O)cc2OC)ccc1OC)c1ccc(OC)c(OC)c1. The highest BCUT2D eigenvalue weighted by Crippen LogP contribution is 2.35. The Kier molecular flexibility index (Phi) is 9.80. The van der Waals surface area contributed by atoms with Crippen LogP contribution in [0.1, 0.15) is 16.7 Å². The van der Waals surface area contributed by atoms with Crippen molar-refractivity contribution in [1.82, 2.24) is 0 Å². The molecule has 194 valence electrons. The maximum atomic E-state index is 10.1. The molecule has 37 heavy (non-hydrogen) atoms. The van der Waals surface area contributed by atoms with Gasteiger partial charge in [0.25, 0.3) is 0 Å². The number of allylic oxidation sites excluding steroid dienone is 2. The van der Waals surface area contributed by atoms with Gasteiger partial charge in [0, 0.05) is 24.1 Å². The molecular weight excluding hydrogens is 490 g/mol. The fourth-order valence-electron chi connectivity index (χ4n) is 3.52. The van der Waals surface area contributed by atoms with Crippen molar-refractivity contribution in [3.63, 3.8) is 0 Å². The number of phenols is 2. The Morgan fingerprint density at radius 1 is 0.865 bits per heavy atom. The van der Waals surface area contributed by atoms with Gasteiger partial charge in [-0.3, -0.25) is 0 Å². The monoisotopic (exact) mass is 521 g/mol. The number of anilines is 1. The molecule has 3 aromatic rings. The molecule has 0 saturated carbocycles. The minimum Gasteiger partial charge on any atom is -0.508 e. The number of ether oxygens (including phenoxy) is 4. The van der Waals surface area contributed by atoms with E-state index in [4.69, 9.17) is 18.9 Å². The first-order valence-electron chi connectivity index (χ1n) is 11.3. The zero-order valence-electron chi connectivity index (χ0n) is 21.3. The van der Waals surface area contributed by atoms with Gasteiger partial charge in [0.2, 0.25) is 0 Å². The van der Waals surface area contributed by atoms with Crippen molar-refractivity contribution in [1.29, 1.82) is 0 Å². The lowest BCUT2D eigenvalue weighted by molar-refractivity contribution is 0.355. The average molecular weight is 522 g/mol. The molecule has 0 unspecified atom stereocenters. The van der Waals surface area contributed by atoms with Crippen LogP contribution in [0.15, 0.2) is 72.8 Å². The van der Waals surface area contributed by atoms with Crippen LogP contribution in [0.25, 0.3) is 11.6 Å². The van der Waals surface area contributed by atoms with Gasteiger partial charge < -0.3 is 34.5 Å². The molecule has 0 heterocycles. The summed E-state index contributed by atoms with van der Waals surface area (Å²) in [5, 5.41) is 24.9. The minimum atomic E-state index is -0.0567. The van der Waals surface area contributed by atoms with E-state index in [1.54, 1.807) is 39.2 Å². The summed E-state index contributed by atoms with van der Waals surface area (Å²) in [5.74, 6) is 3.00. The van der Waals surface area contributed by atoms with Crippen LogP contribution < -0.4 is 24.3 Å². The summed E-state index contributed by atoms with van der Waals surface area (Å²) in [7, 11) is 6.32. The van der Waals surface area contributed by atoms with Crippen LogP contribution in [-0.4, -0.2) is 38.7 Å². The van der Waals surface area contributed by atoms with Gasteiger partial charge in [0.15, 0.2) is 11.5 Å². The number of nitrogens with one attached hydrogen (secondary N) is 1. The summed E-state index contributed by atoms with van der Waals surface area (Å²) in [6.45, 7) is 4.14. The first-order valence-corrected chi connectivity index (χ1v) is 12.3. The Labute approximate surface area is 221 Å². The number of aromatic hydroxyl groups is 2. The maximum Gasteiger partial charge on any atom is 0.161 e. The summed E-state index contributed by atoms with van der Waals surface area (Å²) < 4.78 is 21.4. The summed E-state index contributed by atoms with van der Waals surface area (Å²) in [4.78, 5) is 0. The second-order valence-electron chi connectivity index (χ2n) is 7.80. The molecule has 0 fully saturated rings. The smallest absolute Gasteiger partial charge is 0.161 e. The lowest BCUT2D eigenvalue weighted by atomic mass is 10.1. The molecule has 0 atom stereocenters. The molecule has 0 aromatic heterocycles. The van der Waals surface area contributed by atoms with Gasteiger partial charge in [-0.25, -0.2) is 0 Å². The van der Waals surface area contributed by atoms with Crippen LogP contribution in [0.4, 0.5) is 5.69 Å². The number of hydrogen-bond acceptors (Lipinski definition) is 8. The molecular formula is C29H31NO6S. The molecule has 0 spiro atoms. The zero-order chi connectivity index (χ0) is 26.8. The average Bonchev–Trinajstić information content (AvgIpc) is 2.91. The Hall–Kier alpha value is -4.17. The summed E-state index contributed by atoms with van der Waals surface area (Å²) in [6.07, 6.45) is 5.44. The lowest BCUT2D eigenvalue weighted by Gasteiger charge is -2.11. The van der Waals surface area contributed by atoms with Gasteiger partial charge in [-0.2, -0.15) is 0 Å². The van der Waals surface area contributed by atoms with E-state index in [9.17, 15) is 10.2 Å². The number of hydrogen-bond donors (Lipinski definition) is 3. The number of phenolic OH excluding ortho intramolecular Hbond substituents is 2. The van der Waals surface area contributed by atoms with Crippen molar-refractivity contribution in [3.8, 4) is 34.5 Å². The van der Waals surface area contributed by atoms with Gasteiger partial charge in [0.1, 0.15) is 23.0 Å². The van der Waals surface area contributed by atoms with E-state index in [0.717, 1.165) is 22.4 Å². The van der Waals surface area contributed by atoms with Gasteiger partial charge >= 0.3 is 0 Å². The third-order valence-corrected chi connectivity index (χ3v) is 6.28. The number of benzene rings is 3. The Balaban J connectivity index is 1.66. The van der Waals surface area contributed by atoms with Crippen LogP contribution in [0.5, 0.6) is 34.5 Å². The van der Waals surface area contributed by atoms with Crippen molar-refractivity contribution >= 4 is 29.1 Å². The normalized spacial score (nSPS) is 11.0. The number of methoxy groups -OCH3 is 4. The second kappa shape index (κ2) is 13.2. The summed E-state index contributed by atoms with van der Waals surface area (Å²) in [5.41, 5.74) is 4.11. The molecule has 3 rings (SSSR count).